The molecule has 1 aromatic carbocycles. The van der Waals surface area contributed by atoms with E-state index in [-0.39, 0.29) is 0 Å². The Kier molecular flexibility index (Phi) is 2.53. The molecule has 0 saturated carbocycles. The summed E-state index contributed by atoms with van der Waals surface area (Å²) in [7, 11) is 1.69. The first-order valence-corrected chi connectivity index (χ1v) is 6.17. The molecule has 0 bridgehead atoms. The molecule has 0 saturated heterocycles. The number of methoxy groups -OCH3 is 1. The van der Waals surface area contributed by atoms with Crippen LogP contribution in [0.3, 0.4) is 0 Å². The third kappa shape index (κ3) is 1.89. The van der Waals surface area contributed by atoms with Crippen molar-refractivity contribution in [2.45, 2.75) is 0 Å². The molecule has 3 aromatic rings. The van der Waals surface area contributed by atoms with E-state index in [4.69, 9.17) is 4.74 Å². The summed E-state index contributed by atoms with van der Waals surface area (Å²) >= 11 is 1.74. The molecule has 0 aliphatic heterocycles. The predicted molar refractivity (Wildman–Crippen MR) is 71.6 cm³/mol. The summed E-state index contributed by atoms with van der Waals surface area (Å²) in [6.45, 7) is 0. The number of hydrogen-bond donors (Lipinski definition) is 0. The fourth-order valence-corrected chi connectivity index (χ4v) is 2.84. The van der Waals surface area contributed by atoms with E-state index in [9.17, 15) is 0 Å². The van der Waals surface area contributed by atoms with Gasteiger partial charge in [0.25, 0.3) is 0 Å². The van der Waals surface area contributed by atoms with Crippen molar-refractivity contribution >= 4 is 21.4 Å². The topological polar surface area (TPSA) is 22.1 Å². The van der Waals surface area contributed by atoms with Gasteiger partial charge >= 0.3 is 0 Å². The van der Waals surface area contributed by atoms with Crippen LogP contribution in [0.5, 0.6) is 5.75 Å². The second-order valence-corrected chi connectivity index (χ2v) is 4.81. The van der Waals surface area contributed by atoms with E-state index in [1.54, 1.807) is 18.4 Å². The van der Waals surface area contributed by atoms with Crippen LogP contribution in [0.2, 0.25) is 0 Å². The lowest BCUT2D eigenvalue weighted by atomic mass is 10.2. The molecule has 0 unspecified atom stereocenters. The maximum atomic E-state index is 5.23. The molecule has 0 radical (unpaired) electrons. The lowest BCUT2D eigenvalue weighted by Gasteiger charge is -1.97. The standard InChI is InChI=1S/C14H11NOS/c1-16-11-6-5-10-8-14(17-13(10)9-11)12-4-2-3-7-15-12/h2-9H,1H3. The Morgan fingerprint density at radius 3 is 2.82 bits per heavy atom. The zero-order valence-electron chi connectivity index (χ0n) is 9.38. The molecule has 0 aliphatic rings. The van der Waals surface area contributed by atoms with Gasteiger partial charge in [0.15, 0.2) is 0 Å². The molecular formula is C14H11NOS. The first-order chi connectivity index (χ1) is 8.36. The summed E-state index contributed by atoms with van der Waals surface area (Å²) in [5.41, 5.74) is 1.02. The second-order valence-electron chi connectivity index (χ2n) is 3.73. The molecule has 3 heteroatoms. The van der Waals surface area contributed by atoms with Crippen LogP contribution in [0, 0.1) is 0 Å². The Hall–Kier alpha value is -1.87. The van der Waals surface area contributed by atoms with Gasteiger partial charge in [-0.2, -0.15) is 0 Å². The molecule has 0 amide bonds. The van der Waals surface area contributed by atoms with Crippen molar-refractivity contribution < 1.29 is 4.74 Å². The largest absolute Gasteiger partial charge is 0.497 e. The maximum absolute atomic E-state index is 5.23. The quantitative estimate of drug-likeness (QED) is 0.677. The van der Waals surface area contributed by atoms with Gasteiger partial charge in [-0.3, -0.25) is 4.98 Å². The number of ether oxygens (including phenoxy) is 1. The molecule has 84 valence electrons. The van der Waals surface area contributed by atoms with Crippen LogP contribution in [-0.4, -0.2) is 12.1 Å². The van der Waals surface area contributed by atoms with E-state index in [0.717, 1.165) is 11.4 Å². The summed E-state index contributed by atoms with van der Waals surface area (Å²) in [5, 5.41) is 1.23. The number of hydrogen-bond acceptors (Lipinski definition) is 3. The SMILES string of the molecule is COc1ccc2cc(-c3ccccn3)sc2c1. The van der Waals surface area contributed by atoms with Crippen molar-refractivity contribution in [2.75, 3.05) is 7.11 Å². The van der Waals surface area contributed by atoms with E-state index < -0.39 is 0 Å². The van der Waals surface area contributed by atoms with Crippen molar-refractivity contribution in [3.63, 3.8) is 0 Å². The Labute approximate surface area is 104 Å². The van der Waals surface area contributed by atoms with Gasteiger partial charge in [0.05, 0.1) is 17.7 Å². The second kappa shape index (κ2) is 4.18. The van der Waals surface area contributed by atoms with Gasteiger partial charge in [0.2, 0.25) is 0 Å². The molecule has 0 atom stereocenters. The predicted octanol–water partition coefficient (Wildman–Crippen LogP) is 3.97. The Morgan fingerprint density at radius 2 is 2.06 bits per heavy atom. The van der Waals surface area contributed by atoms with Crippen molar-refractivity contribution in [3.8, 4) is 16.3 Å². The summed E-state index contributed by atoms with van der Waals surface area (Å²) in [6, 6.07) is 14.3. The highest BCUT2D eigenvalue weighted by Crippen LogP contribution is 2.34. The van der Waals surface area contributed by atoms with Gasteiger partial charge < -0.3 is 4.74 Å². The number of thiophene rings is 1. The molecule has 2 nitrogen and oxygen atoms in total. The minimum Gasteiger partial charge on any atom is -0.497 e. The molecule has 2 heterocycles. The van der Waals surface area contributed by atoms with Crippen LogP contribution in [0.1, 0.15) is 0 Å². The number of nitrogens with zero attached hydrogens (tertiary/aromatic N) is 1. The average Bonchev–Trinajstić information content (AvgIpc) is 2.82. The third-order valence-electron chi connectivity index (χ3n) is 2.64. The van der Waals surface area contributed by atoms with E-state index in [0.29, 0.717) is 0 Å². The first kappa shape index (κ1) is 10.3. The van der Waals surface area contributed by atoms with Crippen LogP contribution in [-0.2, 0) is 0 Å². The van der Waals surface area contributed by atoms with Gasteiger partial charge in [-0.1, -0.05) is 6.07 Å². The van der Waals surface area contributed by atoms with Gasteiger partial charge in [-0.25, -0.2) is 0 Å². The van der Waals surface area contributed by atoms with E-state index in [1.807, 2.05) is 30.5 Å². The van der Waals surface area contributed by atoms with Crippen molar-refractivity contribution in [3.05, 3.63) is 48.7 Å². The fraction of sp³-hybridized carbons (Fsp3) is 0.0714. The lowest BCUT2D eigenvalue weighted by Crippen LogP contribution is -1.79. The first-order valence-electron chi connectivity index (χ1n) is 5.36. The lowest BCUT2D eigenvalue weighted by molar-refractivity contribution is 0.415. The van der Waals surface area contributed by atoms with Crippen molar-refractivity contribution in [1.29, 1.82) is 0 Å². The van der Waals surface area contributed by atoms with Crippen LogP contribution in [0.15, 0.2) is 48.7 Å². The molecule has 3 rings (SSSR count). The molecule has 17 heavy (non-hydrogen) atoms. The summed E-state index contributed by atoms with van der Waals surface area (Å²) in [4.78, 5) is 5.55. The normalized spacial score (nSPS) is 10.6. The van der Waals surface area contributed by atoms with Gasteiger partial charge in [0, 0.05) is 10.9 Å². The average molecular weight is 241 g/mol. The minimum atomic E-state index is 0.895. The molecule has 0 spiro atoms. The highest BCUT2D eigenvalue weighted by Gasteiger charge is 2.05. The van der Waals surface area contributed by atoms with Crippen LogP contribution < -0.4 is 4.74 Å². The minimum absolute atomic E-state index is 0.895. The molecule has 2 aromatic heterocycles. The van der Waals surface area contributed by atoms with Gasteiger partial charge in [-0.05, 0) is 41.8 Å². The smallest absolute Gasteiger partial charge is 0.120 e. The molecular weight excluding hydrogens is 230 g/mol. The summed E-state index contributed by atoms with van der Waals surface area (Å²) in [6.07, 6.45) is 1.82. The number of aromatic nitrogens is 1. The monoisotopic (exact) mass is 241 g/mol. The van der Waals surface area contributed by atoms with Crippen molar-refractivity contribution in [1.82, 2.24) is 4.98 Å². The molecule has 0 N–H and O–H groups in total. The number of pyridine rings is 1. The van der Waals surface area contributed by atoms with Crippen LogP contribution in [0.4, 0.5) is 0 Å². The zero-order valence-corrected chi connectivity index (χ0v) is 10.2. The Bertz CT molecular complexity index is 646. The van der Waals surface area contributed by atoms with E-state index in [2.05, 4.69) is 23.2 Å². The molecule has 0 aliphatic carbocycles. The number of rotatable bonds is 2. The van der Waals surface area contributed by atoms with Crippen LogP contribution >= 0.6 is 11.3 Å². The number of fused-ring (bicyclic) bond motifs is 1. The Balaban J connectivity index is 2.14. The Morgan fingerprint density at radius 1 is 1.12 bits per heavy atom. The summed E-state index contributed by atoms with van der Waals surface area (Å²) in [5.74, 6) is 0.895. The molecule has 0 fully saturated rings. The van der Waals surface area contributed by atoms with Crippen molar-refractivity contribution in [2.24, 2.45) is 0 Å². The van der Waals surface area contributed by atoms with Gasteiger partial charge in [0.1, 0.15) is 5.75 Å². The fourth-order valence-electron chi connectivity index (χ4n) is 1.77. The van der Waals surface area contributed by atoms with E-state index in [1.165, 1.54) is 15.0 Å². The van der Waals surface area contributed by atoms with Crippen LogP contribution in [0.25, 0.3) is 20.7 Å². The highest BCUT2D eigenvalue weighted by molar-refractivity contribution is 7.22. The third-order valence-corrected chi connectivity index (χ3v) is 3.76. The maximum Gasteiger partial charge on any atom is 0.120 e. The van der Waals surface area contributed by atoms with E-state index >= 15 is 0 Å². The van der Waals surface area contributed by atoms with Gasteiger partial charge in [-0.15, -0.1) is 11.3 Å². The number of benzene rings is 1. The highest BCUT2D eigenvalue weighted by atomic mass is 32.1. The summed E-state index contributed by atoms with van der Waals surface area (Å²) < 4.78 is 6.46. The zero-order chi connectivity index (χ0) is 11.7.